The van der Waals surface area contributed by atoms with E-state index in [2.05, 4.69) is 4.40 Å². The smallest absolute Gasteiger partial charge is 0.328 e. The number of rotatable bonds is 1. The zero-order chi connectivity index (χ0) is 14.3. The van der Waals surface area contributed by atoms with E-state index in [9.17, 15) is 13.2 Å². The van der Waals surface area contributed by atoms with E-state index in [0.717, 1.165) is 6.42 Å². The molecule has 1 saturated heterocycles. The van der Waals surface area contributed by atoms with Crippen LogP contribution in [0.25, 0.3) is 0 Å². The van der Waals surface area contributed by atoms with Crippen LogP contribution >= 0.6 is 0 Å². The van der Waals surface area contributed by atoms with Gasteiger partial charge in [-0.3, -0.25) is 0 Å². The predicted molar refractivity (Wildman–Crippen MR) is 71.9 cm³/mol. The van der Waals surface area contributed by atoms with Gasteiger partial charge in [0.25, 0.3) is 10.0 Å². The van der Waals surface area contributed by atoms with Gasteiger partial charge in [0.15, 0.2) is 5.84 Å². The topological polar surface area (TPSA) is 76.0 Å². The van der Waals surface area contributed by atoms with Gasteiger partial charge in [-0.25, -0.2) is 4.79 Å². The molecule has 2 aliphatic heterocycles. The van der Waals surface area contributed by atoms with Crippen molar-refractivity contribution >= 4 is 21.8 Å². The molecule has 1 fully saturated rings. The Morgan fingerprint density at radius 2 is 2.15 bits per heavy atom. The van der Waals surface area contributed by atoms with E-state index >= 15 is 0 Å². The number of hydrogen-bond acceptors (Lipinski definition) is 5. The van der Waals surface area contributed by atoms with Crippen molar-refractivity contribution in [3.05, 3.63) is 29.8 Å². The maximum Gasteiger partial charge on any atom is 0.328 e. The van der Waals surface area contributed by atoms with Crippen LogP contribution in [-0.2, 0) is 19.6 Å². The Morgan fingerprint density at radius 1 is 1.40 bits per heavy atom. The van der Waals surface area contributed by atoms with Gasteiger partial charge in [-0.1, -0.05) is 12.1 Å². The summed E-state index contributed by atoms with van der Waals surface area (Å²) >= 11 is 0. The number of benzene rings is 1. The first kappa shape index (κ1) is 13.1. The minimum absolute atomic E-state index is 0.200. The number of hydrogen-bond donors (Lipinski definition) is 0. The summed E-state index contributed by atoms with van der Waals surface area (Å²) in [5, 5.41) is 0. The number of carbonyl (C=O) groups excluding carboxylic acids is 1. The third-order valence-electron chi connectivity index (χ3n) is 3.61. The molecule has 6 nitrogen and oxygen atoms in total. The molecule has 0 aliphatic carbocycles. The molecule has 1 atom stereocenters. The van der Waals surface area contributed by atoms with E-state index in [-0.39, 0.29) is 10.9 Å². The Hall–Kier alpha value is -1.89. The summed E-state index contributed by atoms with van der Waals surface area (Å²) in [5.41, 5.74) is 0.559. The molecule has 1 aromatic rings. The highest BCUT2D eigenvalue weighted by molar-refractivity contribution is 7.90. The lowest BCUT2D eigenvalue weighted by molar-refractivity contribution is -0.144. The van der Waals surface area contributed by atoms with Crippen molar-refractivity contribution in [2.24, 2.45) is 4.40 Å². The van der Waals surface area contributed by atoms with Crippen molar-refractivity contribution in [3.63, 3.8) is 0 Å². The molecule has 0 unspecified atom stereocenters. The fourth-order valence-corrected chi connectivity index (χ4v) is 3.91. The molecule has 0 N–H and O–H groups in total. The quantitative estimate of drug-likeness (QED) is 0.715. The zero-order valence-corrected chi connectivity index (χ0v) is 11.8. The van der Waals surface area contributed by atoms with Gasteiger partial charge < -0.3 is 9.64 Å². The number of carbonyl (C=O) groups is 1. The Morgan fingerprint density at radius 3 is 2.90 bits per heavy atom. The van der Waals surface area contributed by atoms with Crippen molar-refractivity contribution in [2.45, 2.75) is 23.8 Å². The molecular weight excluding hydrogens is 280 g/mol. The molecule has 7 heteroatoms. The number of fused-ring (bicyclic) bond motifs is 1. The fraction of sp³-hybridized carbons (Fsp3) is 0.385. The second kappa shape index (κ2) is 4.59. The molecule has 1 aromatic carbocycles. The molecular formula is C13H14N2O4S. The molecule has 0 radical (unpaired) electrons. The molecule has 0 spiro atoms. The first-order valence-corrected chi connectivity index (χ1v) is 7.77. The normalized spacial score (nSPS) is 23.4. The molecule has 20 heavy (non-hydrogen) atoms. The number of methoxy groups -OCH3 is 1. The fourth-order valence-electron chi connectivity index (χ4n) is 2.70. The lowest BCUT2D eigenvalue weighted by atomic mass is 10.1. The van der Waals surface area contributed by atoms with Gasteiger partial charge in [0.1, 0.15) is 10.9 Å². The van der Waals surface area contributed by atoms with E-state index < -0.39 is 16.1 Å². The Labute approximate surface area is 117 Å². The number of amidine groups is 1. The number of esters is 1. The lowest BCUT2D eigenvalue weighted by Gasteiger charge is -2.24. The second-order valence-corrected chi connectivity index (χ2v) is 6.33. The van der Waals surface area contributed by atoms with Gasteiger partial charge in [-0.2, -0.15) is 8.42 Å². The number of ether oxygens (including phenoxy) is 1. The van der Waals surface area contributed by atoms with Gasteiger partial charge in [-0.15, -0.1) is 4.40 Å². The first-order valence-electron chi connectivity index (χ1n) is 6.33. The largest absolute Gasteiger partial charge is 0.467 e. The van der Waals surface area contributed by atoms with E-state index in [1.54, 1.807) is 23.1 Å². The number of likely N-dealkylation sites (tertiary alicyclic amines) is 1. The van der Waals surface area contributed by atoms with Crippen LogP contribution in [0.3, 0.4) is 0 Å². The minimum atomic E-state index is -3.65. The second-order valence-electron chi connectivity index (χ2n) is 4.76. The predicted octanol–water partition coefficient (Wildman–Crippen LogP) is 0.773. The van der Waals surface area contributed by atoms with Crippen molar-refractivity contribution in [3.8, 4) is 0 Å². The zero-order valence-electron chi connectivity index (χ0n) is 10.9. The SMILES string of the molecule is COC(=O)[C@@H]1CCCN1C1=NS(=O)(=O)c2ccccc21. The summed E-state index contributed by atoms with van der Waals surface area (Å²) in [5.74, 6) is 0.000444. The molecule has 3 rings (SSSR count). The van der Waals surface area contributed by atoms with Crippen molar-refractivity contribution in [1.29, 1.82) is 0 Å². The number of nitrogens with zero attached hydrogens (tertiary/aromatic N) is 2. The number of sulfonamides is 1. The van der Waals surface area contributed by atoms with Gasteiger partial charge >= 0.3 is 5.97 Å². The molecule has 2 aliphatic rings. The van der Waals surface area contributed by atoms with Crippen LogP contribution in [0.4, 0.5) is 0 Å². The van der Waals surface area contributed by atoms with Gasteiger partial charge in [-0.05, 0) is 25.0 Å². The van der Waals surface area contributed by atoms with Crippen LogP contribution in [-0.4, -0.2) is 44.8 Å². The van der Waals surface area contributed by atoms with Crippen molar-refractivity contribution in [1.82, 2.24) is 4.90 Å². The Bertz CT molecular complexity index is 696. The van der Waals surface area contributed by atoms with Crippen LogP contribution < -0.4 is 0 Å². The average molecular weight is 294 g/mol. The highest BCUT2D eigenvalue weighted by Crippen LogP contribution is 2.31. The maximum atomic E-state index is 12.0. The lowest BCUT2D eigenvalue weighted by Crippen LogP contribution is -2.41. The van der Waals surface area contributed by atoms with E-state index in [4.69, 9.17) is 4.74 Å². The summed E-state index contributed by atoms with van der Waals surface area (Å²) in [7, 11) is -2.32. The van der Waals surface area contributed by atoms with Crippen molar-refractivity contribution < 1.29 is 17.9 Å². The molecule has 106 valence electrons. The van der Waals surface area contributed by atoms with E-state index in [1.807, 2.05) is 0 Å². The van der Waals surface area contributed by atoms with Crippen molar-refractivity contribution in [2.75, 3.05) is 13.7 Å². The van der Waals surface area contributed by atoms with E-state index in [0.29, 0.717) is 24.4 Å². The maximum absolute atomic E-state index is 12.0. The summed E-state index contributed by atoms with van der Waals surface area (Å²) in [6, 6.07) is 6.21. The summed E-state index contributed by atoms with van der Waals surface area (Å²) < 4.78 is 32.7. The molecule has 0 saturated carbocycles. The van der Waals surface area contributed by atoms with E-state index in [1.165, 1.54) is 13.2 Å². The van der Waals surface area contributed by atoms with Crippen LogP contribution in [0.2, 0.25) is 0 Å². The summed E-state index contributed by atoms with van der Waals surface area (Å²) in [6.45, 7) is 0.600. The Balaban J connectivity index is 2.06. The van der Waals surface area contributed by atoms with Crippen LogP contribution in [0.1, 0.15) is 18.4 Å². The van der Waals surface area contributed by atoms with Crippen LogP contribution in [0.5, 0.6) is 0 Å². The highest BCUT2D eigenvalue weighted by atomic mass is 32.2. The average Bonchev–Trinajstić information content (AvgIpc) is 3.02. The third-order valence-corrected chi connectivity index (χ3v) is 4.94. The van der Waals surface area contributed by atoms with Gasteiger partial charge in [0, 0.05) is 12.1 Å². The molecule has 2 heterocycles. The minimum Gasteiger partial charge on any atom is -0.467 e. The molecule has 0 aromatic heterocycles. The first-order chi connectivity index (χ1) is 9.54. The standard InChI is InChI=1S/C13H14N2O4S/c1-19-13(16)10-6-4-8-15(10)12-9-5-2-3-7-11(9)20(17,18)14-12/h2-3,5,7,10H,4,6,8H2,1H3/t10-/m0/s1. The molecule has 0 amide bonds. The Kier molecular flexibility index (Phi) is 3.01. The molecule has 0 bridgehead atoms. The third kappa shape index (κ3) is 1.89. The van der Waals surface area contributed by atoms with Gasteiger partial charge in [0.05, 0.1) is 7.11 Å². The summed E-state index contributed by atoms with van der Waals surface area (Å²) in [6.07, 6.45) is 1.45. The highest BCUT2D eigenvalue weighted by Gasteiger charge is 2.39. The van der Waals surface area contributed by atoms with Crippen LogP contribution in [0, 0.1) is 0 Å². The van der Waals surface area contributed by atoms with Crippen LogP contribution in [0.15, 0.2) is 33.6 Å². The monoisotopic (exact) mass is 294 g/mol. The van der Waals surface area contributed by atoms with Gasteiger partial charge in [0.2, 0.25) is 0 Å². The summed E-state index contributed by atoms with van der Waals surface area (Å²) in [4.78, 5) is 13.7.